The first-order valence-corrected chi connectivity index (χ1v) is 33.2. The average molecular weight is 1150 g/mol. The second-order valence-electron chi connectivity index (χ2n) is 22.6. The fourth-order valence-electron chi connectivity index (χ4n) is 9.76. The Labute approximate surface area is 500 Å². The first-order valence-electron chi connectivity index (χ1n) is 33.2. The molecule has 0 aromatic rings. The molecule has 1 rings (SSSR count). The third kappa shape index (κ3) is 44.8. The summed E-state index contributed by atoms with van der Waals surface area (Å²) < 4.78 is 17.6. The molecular formula is C71H121NO10. The number of allylic oxidation sites excluding steroid dienone is 17. The minimum absolute atomic E-state index is 0.111. The lowest BCUT2D eigenvalue weighted by atomic mass is 9.99. The van der Waals surface area contributed by atoms with Crippen molar-refractivity contribution in [1.82, 2.24) is 5.32 Å². The molecule has 0 bridgehead atoms. The molecule has 1 amide bonds. The largest absolute Gasteiger partial charge is 0.454 e. The summed E-state index contributed by atoms with van der Waals surface area (Å²) >= 11 is 0. The highest BCUT2D eigenvalue weighted by Gasteiger charge is 2.47. The van der Waals surface area contributed by atoms with Gasteiger partial charge in [-0.15, -0.1) is 0 Å². The highest BCUT2D eigenvalue weighted by Crippen LogP contribution is 2.26. The van der Waals surface area contributed by atoms with Crippen LogP contribution in [0.4, 0.5) is 0 Å². The second kappa shape index (κ2) is 57.7. The van der Waals surface area contributed by atoms with Gasteiger partial charge >= 0.3 is 5.97 Å². The predicted octanol–water partition coefficient (Wildman–Crippen LogP) is 16.4. The Hall–Kier alpha value is -3.68. The third-order valence-corrected chi connectivity index (χ3v) is 15.0. The maximum absolute atomic E-state index is 13.4. The van der Waals surface area contributed by atoms with Crippen LogP contribution in [-0.4, -0.2) is 99.6 Å². The fraction of sp³-hybridized carbons (Fsp3) is 0.718. The van der Waals surface area contributed by atoms with Crippen LogP contribution in [0.1, 0.15) is 265 Å². The first-order chi connectivity index (χ1) is 40.2. The predicted molar refractivity (Wildman–Crippen MR) is 342 cm³/mol. The number of esters is 1. The standard InChI is InChI=1S/C71H121NO10/c1-4-7-10-13-16-19-22-25-27-28-29-30-31-32-33-34-35-36-37-38-39-41-44-47-50-53-56-59-66(76)82-69-68(78)67(77)65(60-73)81-71(69)80-61-62(63(74)57-54-51-48-45-42-24-21-18-15-12-9-6-3)72-70(79)64(75)58-55-52-49-46-43-40-26-23-20-17-14-11-8-5-2/h8,11,14,16-17,19-20,23,25-27,29-30,32-33,40,54,57,62-65,67-69,71,73-75,77-78H,4-7,9-10,12-13,15,18,21-22,24,28,31,34-39,41-53,55-56,58-61H2,1-3H3,(H,72,79)/b11-8+,17-14+,19-16-,23-20+,27-25-,30-29-,33-32-,40-26-,57-54+. The van der Waals surface area contributed by atoms with Crippen molar-refractivity contribution < 1.29 is 49.3 Å². The molecule has 1 aliphatic rings. The Morgan fingerprint density at radius 3 is 1.45 bits per heavy atom. The molecule has 0 aromatic heterocycles. The van der Waals surface area contributed by atoms with Gasteiger partial charge in [0.1, 0.15) is 24.4 Å². The van der Waals surface area contributed by atoms with E-state index < -0.39 is 67.4 Å². The molecule has 1 saturated heterocycles. The Bertz CT molecular complexity index is 1750. The summed E-state index contributed by atoms with van der Waals surface area (Å²) in [5.41, 5.74) is 0. The van der Waals surface area contributed by atoms with Gasteiger partial charge in [0.2, 0.25) is 5.91 Å². The molecule has 0 aromatic carbocycles. The van der Waals surface area contributed by atoms with Gasteiger partial charge in [0.15, 0.2) is 12.4 Å². The zero-order valence-electron chi connectivity index (χ0n) is 52.1. The summed E-state index contributed by atoms with van der Waals surface area (Å²) in [6.45, 7) is 5.60. The molecule has 0 saturated carbocycles. The van der Waals surface area contributed by atoms with Gasteiger partial charge in [0, 0.05) is 6.42 Å². The molecule has 8 unspecified atom stereocenters. The van der Waals surface area contributed by atoms with Crippen molar-refractivity contribution >= 4 is 11.9 Å². The van der Waals surface area contributed by atoms with Crippen molar-refractivity contribution in [2.75, 3.05) is 13.2 Å². The summed E-state index contributed by atoms with van der Waals surface area (Å²) in [5.74, 6) is -1.23. The van der Waals surface area contributed by atoms with E-state index in [4.69, 9.17) is 14.2 Å². The third-order valence-electron chi connectivity index (χ3n) is 15.0. The van der Waals surface area contributed by atoms with E-state index in [1.807, 2.05) is 42.5 Å². The lowest BCUT2D eigenvalue weighted by Crippen LogP contribution is -2.61. The smallest absolute Gasteiger partial charge is 0.306 e. The van der Waals surface area contributed by atoms with Crippen molar-refractivity contribution in [2.24, 2.45) is 0 Å². The van der Waals surface area contributed by atoms with Crippen molar-refractivity contribution in [3.63, 3.8) is 0 Å². The van der Waals surface area contributed by atoms with Gasteiger partial charge < -0.3 is 45.1 Å². The first kappa shape index (κ1) is 76.3. The van der Waals surface area contributed by atoms with Crippen molar-refractivity contribution in [3.8, 4) is 0 Å². The molecule has 470 valence electrons. The molecule has 82 heavy (non-hydrogen) atoms. The number of amides is 1. The number of rotatable bonds is 55. The fourth-order valence-corrected chi connectivity index (χ4v) is 9.76. The van der Waals surface area contributed by atoms with E-state index >= 15 is 0 Å². The number of carbonyl (C=O) groups is 2. The minimum Gasteiger partial charge on any atom is -0.454 e. The van der Waals surface area contributed by atoms with Crippen LogP contribution in [0.25, 0.3) is 0 Å². The zero-order valence-corrected chi connectivity index (χ0v) is 52.1. The molecule has 8 atom stereocenters. The number of aliphatic hydroxyl groups excluding tert-OH is 5. The molecule has 1 aliphatic heterocycles. The Morgan fingerprint density at radius 1 is 0.500 bits per heavy atom. The molecule has 6 N–H and O–H groups in total. The van der Waals surface area contributed by atoms with E-state index in [-0.39, 0.29) is 19.4 Å². The number of nitrogens with one attached hydrogen (secondary N) is 1. The van der Waals surface area contributed by atoms with E-state index in [9.17, 15) is 35.1 Å². The molecule has 1 fully saturated rings. The minimum atomic E-state index is -1.63. The highest BCUT2D eigenvalue weighted by molar-refractivity contribution is 5.80. The van der Waals surface area contributed by atoms with Crippen LogP contribution in [0.2, 0.25) is 0 Å². The number of aliphatic hydroxyl groups is 5. The van der Waals surface area contributed by atoms with Crippen LogP contribution in [0.15, 0.2) is 109 Å². The molecule has 0 spiro atoms. The summed E-state index contributed by atoms with van der Waals surface area (Å²) in [7, 11) is 0. The van der Waals surface area contributed by atoms with E-state index in [1.165, 1.54) is 116 Å². The van der Waals surface area contributed by atoms with Crippen molar-refractivity contribution in [3.05, 3.63) is 109 Å². The number of hydrogen-bond acceptors (Lipinski definition) is 10. The van der Waals surface area contributed by atoms with Crippen LogP contribution in [-0.2, 0) is 23.8 Å². The molecule has 1 heterocycles. The lowest BCUT2D eigenvalue weighted by Gasteiger charge is -2.41. The van der Waals surface area contributed by atoms with Crippen LogP contribution < -0.4 is 5.32 Å². The van der Waals surface area contributed by atoms with Gasteiger partial charge in [-0.1, -0.05) is 278 Å². The monoisotopic (exact) mass is 1150 g/mol. The van der Waals surface area contributed by atoms with Crippen LogP contribution in [0.3, 0.4) is 0 Å². The Morgan fingerprint density at radius 2 is 0.927 bits per heavy atom. The molecule has 0 radical (unpaired) electrons. The van der Waals surface area contributed by atoms with E-state index in [0.717, 1.165) is 103 Å². The van der Waals surface area contributed by atoms with E-state index in [1.54, 1.807) is 6.08 Å². The van der Waals surface area contributed by atoms with Crippen LogP contribution in [0.5, 0.6) is 0 Å². The maximum Gasteiger partial charge on any atom is 0.306 e. The lowest BCUT2D eigenvalue weighted by molar-refractivity contribution is -0.305. The summed E-state index contributed by atoms with van der Waals surface area (Å²) in [5, 5.41) is 57.0. The van der Waals surface area contributed by atoms with Crippen LogP contribution >= 0.6 is 0 Å². The quantitative estimate of drug-likeness (QED) is 0.0149. The van der Waals surface area contributed by atoms with E-state index in [2.05, 4.69) is 86.8 Å². The zero-order chi connectivity index (χ0) is 59.6. The van der Waals surface area contributed by atoms with Gasteiger partial charge in [0.05, 0.1) is 25.4 Å². The second-order valence-corrected chi connectivity index (χ2v) is 22.6. The van der Waals surface area contributed by atoms with Gasteiger partial charge in [-0.2, -0.15) is 0 Å². The SMILES string of the molecule is CC/C=C/C=C/C=C/C=C\CCCCCCC(O)C(=O)NC(COC1OC(CO)C(O)C(O)C1OC(=O)CCCCCCCCCCCCC/C=C\C/C=C\C/C=C\C/C=C\CCCCC)C(O)/C=C/CCCCCCCCCCCC. The highest BCUT2D eigenvalue weighted by atomic mass is 16.7. The number of ether oxygens (including phenoxy) is 3. The Kier molecular flexibility index (Phi) is 53.7. The summed E-state index contributed by atoms with van der Waals surface area (Å²) in [6, 6.07) is -1.04. The maximum atomic E-state index is 13.4. The van der Waals surface area contributed by atoms with Gasteiger partial charge in [-0.3, -0.25) is 9.59 Å². The number of carbonyl (C=O) groups excluding carboxylic acids is 2. The molecule has 0 aliphatic carbocycles. The number of hydrogen-bond donors (Lipinski definition) is 6. The number of unbranched alkanes of at least 4 members (excludes halogenated alkanes) is 28. The average Bonchev–Trinajstić information content (AvgIpc) is 3.68. The van der Waals surface area contributed by atoms with Gasteiger partial charge in [-0.25, -0.2) is 0 Å². The van der Waals surface area contributed by atoms with Gasteiger partial charge in [0.25, 0.3) is 0 Å². The van der Waals surface area contributed by atoms with Crippen molar-refractivity contribution in [1.29, 1.82) is 0 Å². The molecule has 11 heteroatoms. The van der Waals surface area contributed by atoms with Crippen molar-refractivity contribution in [2.45, 2.75) is 314 Å². The molecule has 11 nitrogen and oxygen atoms in total. The van der Waals surface area contributed by atoms with Gasteiger partial charge in [-0.05, 0) is 89.9 Å². The molecular weight excluding hydrogens is 1030 g/mol. The topological polar surface area (TPSA) is 175 Å². The van der Waals surface area contributed by atoms with Crippen LogP contribution in [0, 0.1) is 0 Å². The normalized spacial score (nSPS) is 19.3. The van der Waals surface area contributed by atoms with E-state index in [0.29, 0.717) is 12.8 Å². The summed E-state index contributed by atoms with van der Waals surface area (Å²) in [4.78, 5) is 26.6. The Balaban J connectivity index is 2.58. The summed E-state index contributed by atoms with van der Waals surface area (Å²) in [6.07, 6.45) is 68.4.